The van der Waals surface area contributed by atoms with Crippen LogP contribution in [0.5, 0.6) is 0 Å². The van der Waals surface area contributed by atoms with Gasteiger partial charge in [-0.05, 0) is 38.4 Å². The molecular weight excluding hydrogens is 168 g/mol. The van der Waals surface area contributed by atoms with Gasteiger partial charge >= 0.3 is 0 Å². The molecule has 2 fully saturated rings. The molecule has 0 spiro atoms. The van der Waals surface area contributed by atoms with E-state index in [4.69, 9.17) is 4.74 Å². The van der Waals surface area contributed by atoms with Gasteiger partial charge < -0.3 is 4.74 Å². The average Bonchev–Trinajstić information content (AvgIpc) is 2.63. The van der Waals surface area contributed by atoms with Crippen molar-refractivity contribution in [2.75, 3.05) is 12.4 Å². The summed E-state index contributed by atoms with van der Waals surface area (Å²) in [5, 5.41) is 0.963. The monoisotopic (exact) mass is 188 g/mol. The zero-order valence-corrected chi connectivity index (χ0v) is 9.03. The second-order valence-corrected chi connectivity index (χ2v) is 5.19. The molecule has 2 rings (SSSR count). The summed E-state index contributed by atoms with van der Waals surface area (Å²) in [5.41, 5.74) is 0. The predicted molar refractivity (Wildman–Crippen MR) is 55.8 cm³/mol. The van der Waals surface area contributed by atoms with Crippen LogP contribution in [0.3, 0.4) is 0 Å². The second kappa shape index (κ2) is 5.87. The van der Waals surface area contributed by atoms with Crippen LogP contribution in [-0.4, -0.2) is 23.7 Å². The molecule has 0 aromatic heterocycles. The van der Waals surface area contributed by atoms with Crippen molar-refractivity contribution in [3.63, 3.8) is 0 Å². The molecule has 1 nitrogen and oxygen atoms in total. The molecule has 2 saturated heterocycles. The van der Waals surface area contributed by atoms with Gasteiger partial charge in [-0.15, -0.1) is 0 Å². The van der Waals surface area contributed by atoms with E-state index < -0.39 is 0 Å². The van der Waals surface area contributed by atoms with Crippen LogP contribution in [0.2, 0.25) is 0 Å². The number of hydrogen-bond acceptors (Lipinski definition) is 2. The van der Waals surface area contributed by atoms with Crippen molar-refractivity contribution in [3.8, 4) is 0 Å². The van der Waals surface area contributed by atoms with Crippen molar-refractivity contribution < 1.29 is 4.74 Å². The lowest BCUT2D eigenvalue weighted by Gasteiger charge is -1.94. The Balaban J connectivity index is 0.000000120. The minimum absolute atomic E-state index is 0.546. The third-order valence-electron chi connectivity index (χ3n) is 2.31. The fraction of sp³-hybridized carbons (Fsp3) is 1.00. The number of thioether (sulfide) groups is 1. The lowest BCUT2D eigenvalue weighted by atomic mass is 10.3. The highest BCUT2D eigenvalue weighted by molar-refractivity contribution is 8.00. The molecule has 0 aromatic rings. The van der Waals surface area contributed by atoms with Crippen molar-refractivity contribution in [1.29, 1.82) is 0 Å². The summed E-state index contributed by atoms with van der Waals surface area (Å²) < 4.78 is 5.15. The number of hydrogen-bond donors (Lipinski definition) is 0. The highest BCUT2D eigenvalue weighted by Gasteiger charge is 2.08. The van der Waals surface area contributed by atoms with Gasteiger partial charge in [0.15, 0.2) is 0 Å². The van der Waals surface area contributed by atoms with Gasteiger partial charge in [0.2, 0.25) is 0 Å². The van der Waals surface area contributed by atoms with Gasteiger partial charge in [0.25, 0.3) is 0 Å². The van der Waals surface area contributed by atoms with E-state index in [1.165, 1.54) is 31.4 Å². The summed E-state index contributed by atoms with van der Waals surface area (Å²) in [7, 11) is 0. The lowest BCUT2D eigenvalue weighted by molar-refractivity contribution is 0.125. The maximum atomic E-state index is 5.15. The standard InChI is InChI=1S/C5H10O.C5H10S/c2*1-5-3-2-4-6-5/h2*5H,2-4H2,1H3. The summed E-state index contributed by atoms with van der Waals surface area (Å²) in [6, 6.07) is 0. The summed E-state index contributed by atoms with van der Waals surface area (Å²) in [6.07, 6.45) is 5.97. The SMILES string of the molecule is CC1CCCO1.CC1CCCS1. The Kier molecular flexibility index (Phi) is 5.08. The molecule has 72 valence electrons. The molecule has 2 aliphatic heterocycles. The highest BCUT2D eigenvalue weighted by Crippen LogP contribution is 2.24. The first kappa shape index (κ1) is 10.4. The summed E-state index contributed by atoms with van der Waals surface area (Å²) >= 11 is 2.10. The molecular formula is C10H20OS. The predicted octanol–water partition coefficient (Wildman–Crippen LogP) is 3.09. The summed E-state index contributed by atoms with van der Waals surface area (Å²) in [4.78, 5) is 0. The Bertz CT molecular complexity index is 90.4. The summed E-state index contributed by atoms with van der Waals surface area (Å²) in [5.74, 6) is 1.40. The number of ether oxygens (including phenoxy) is 1. The van der Waals surface area contributed by atoms with Crippen molar-refractivity contribution in [2.45, 2.75) is 50.9 Å². The van der Waals surface area contributed by atoms with Gasteiger partial charge in [0.05, 0.1) is 6.10 Å². The topological polar surface area (TPSA) is 9.23 Å². The molecule has 0 bridgehead atoms. The van der Waals surface area contributed by atoms with Gasteiger partial charge in [-0.25, -0.2) is 0 Å². The quantitative estimate of drug-likeness (QED) is 0.578. The fourth-order valence-electron chi connectivity index (χ4n) is 1.48. The van der Waals surface area contributed by atoms with Gasteiger partial charge in [-0.1, -0.05) is 6.92 Å². The molecule has 2 heterocycles. The van der Waals surface area contributed by atoms with Crippen LogP contribution in [0.4, 0.5) is 0 Å². The van der Waals surface area contributed by atoms with Crippen LogP contribution in [-0.2, 0) is 4.74 Å². The van der Waals surface area contributed by atoms with Gasteiger partial charge in [-0.2, -0.15) is 11.8 Å². The van der Waals surface area contributed by atoms with Crippen LogP contribution in [0.15, 0.2) is 0 Å². The van der Waals surface area contributed by atoms with Crippen molar-refractivity contribution in [2.24, 2.45) is 0 Å². The van der Waals surface area contributed by atoms with E-state index in [1.807, 2.05) is 0 Å². The molecule has 0 aromatic carbocycles. The molecule has 0 saturated carbocycles. The minimum atomic E-state index is 0.546. The van der Waals surface area contributed by atoms with Crippen molar-refractivity contribution >= 4 is 11.8 Å². The van der Waals surface area contributed by atoms with Crippen LogP contribution >= 0.6 is 11.8 Å². The van der Waals surface area contributed by atoms with E-state index in [0.29, 0.717) is 6.10 Å². The van der Waals surface area contributed by atoms with E-state index in [2.05, 4.69) is 25.6 Å². The molecule has 2 heteroatoms. The molecule has 2 unspecified atom stereocenters. The lowest BCUT2D eigenvalue weighted by Crippen LogP contribution is -1.94. The smallest absolute Gasteiger partial charge is 0.0547 e. The van der Waals surface area contributed by atoms with Gasteiger partial charge in [-0.3, -0.25) is 0 Å². The number of rotatable bonds is 0. The zero-order valence-electron chi connectivity index (χ0n) is 8.21. The highest BCUT2D eigenvalue weighted by atomic mass is 32.2. The molecule has 0 aliphatic carbocycles. The third kappa shape index (κ3) is 4.36. The fourth-order valence-corrected chi connectivity index (χ4v) is 2.55. The Morgan fingerprint density at radius 1 is 1.17 bits per heavy atom. The van der Waals surface area contributed by atoms with Crippen LogP contribution in [0.1, 0.15) is 39.5 Å². The maximum Gasteiger partial charge on any atom is 0.0547 e. The van der Waals surface area contributed by atoms with E-state index in [0.717, 1.165) is 11.9 Å². The Morgan fingerprint density at radius 3 is 2.17 bits per heavy atom. The Morgan fingerprint density at radius 2 is 2.00 bits per heavy atom. The summed E-state index contributed by atoms with van der Waals surface area (Å²) in [6.45, 7) is 5.41. The molecule has 2 aliphatic rings. The van der Waals surface area contributed by atoms with E-state index in [-0.39, 0.29) is 0 Å². The normalized spacial score (nSPS) is 34.5. The van der Waals surface area contributed by atoms with Gasteiger partial charge in [0, 0.05) is 11.9 Å². The Labute approximate surface area is 80.3 Å². The third-order valence-corrected chi connectivity index (χ3v) is 3.64. The van der Waals surface area contributed by atoms with Crippen LogP contribution in [0, 0.1) is 0 Å². The average molecular weight is 188 g/mol. The first-order valence-electron chi connectivity index (χ1n) is 5.02. The van der Waals surface area contributed by atoms with Crippen LogP contribution < -0.4 is 0 Å². The maximum absolute atomic E-state index is 5.15. The zero-order chi connectivity index (χ0) is 8.81. The molecule has 0 radical (unpaired) electrons. The molecule has 0 amide bonds. The first-order chi connectivity index (χ1) is 5.79. The van der Waals surface area contributed by atoms with Crippen LogP contribution in [0.25, 0.3) is 0 Å². The Hall–Kier alpha value is 0.310. The van der Waals surface area contributed by atoms with E-state index in [1.54, 1.807) is 0 Å². The van der Waals surface area contributed by atoms with Gasteiger partial charge in [0.1, 0.15) is 0 Å². The largest absolute Gasteiger partial charge is 0.379 e. The second-order valence-electron chi connectivity index (χ2n) is 3.65. The minimum Gasteiger partial charge on any atom is -0.379 e. The molecule has 2 atom stereocenters. The van der Waals surface area contributed by atoms with Crippen molar-refractivity contribution in [3.05, 3.63) is 0 Å². The molecule has 0 N–H and O–H groups in total. The van der Waals surface area contributed by atoms with Crippen molar-refractivity contribution in [1.82, 2.24) is 0 Å². The first-order valence-corrected chi connectivity index (χ1v) is 6.07. The van der Waals surface area contributed by atoms with E-state index in [9.17, 15) is 0 Å². The van der Waals surface area contributed by atoms with E-state index >= 15 is 0 Å². The molecule has 12 heavy (non-hydrogen) atoms.